The molecule has 1 aliphatic heterocycles. The first kappa shape index (κ1) is 11.7. The Bertz CT molecular complexity index is 376. The number of nitrogens with one attached hydrogen (secondary N) is 1. The zero-order valence-corrected chi connectivity index (χ0v) is 10.0. The van der Waals surface area contributed by atoms with Crippen molar-refractivity contribution in [1.82, 2.24) is 0 Å². The van der Waals surface area contributed by atoms with Crippen molar-refractivity contribution < 1.29 is 8.78 Å². The monoisotopic (exact) mass is 243 g/mol. The molecule has 1 heterocycles. The highest BCUT2D eigenvalue weighted by Gasteiger charge is 2.18. The van der Waals surface area contributed by atoms with E-state index >= 15 is 0 Å². The molecule has 0 aliphatic carbocycles. The Morgan fingerprint density at radius 3 is 2.62 bits per heavy atom. The van der Waals surface area contributed by atoms with Crippen LogP contribution in [0.5, 0.6) is 0 Å². The lowest BCUT2D eigenvalue weighted by Crippen LogP contribution is -2.25. The van der Waals surface area contributed by atoms with Gasteiger partial charge in [0, 0.05) is 6.04 Å². The maximum atomic E-state index is 13.7. The lowest BCUT2D eigenvalue weighted by atomic mass is 10.1. The lowest BCUT2D eigenvalue weighted by Gasteiger charge is -2.24. The fraction of sp³-hybridized carbons (Fsp3) is 0.500. The zero-order valence-electron chi connectivity index (χ0n) is 9.22. The summed E-state index contributed by atoms with van der Waals surface area (Å²) in [7, 11) is 0. The van der Waals surface area contributed by atoms with E-state index in [9.17, 15) is 8.78 Å². The molecule has 1 aromatic rings. The Hall–Kier alpha value is -0.770. The fourth-order valence-corrected chi connectivity index (χ4v) is 2.94. The van der Waals surface area contributed by atoms with E-state index < -0.39 is 11.6 Å². The van der Waals surface area contributed by atoms with Gasteiger partial charge in [0.2, 0.25) is 0 Å². The number of benzene rings is 1. The minimum absolute atomic E-state index is 0.0388. The molecule has 2 rings (SSSR count). The molecular formula is C12H15F2NS. The quantitative estimate of drug-likeness (QED) is 0.852. The Morgan fingerprint density at radius 2 is 1.94 bits per heavy atom. The van der Waals surface area contributed by atoms with Gasteiger partial charge in [-0.25, -0.2) is 8.78 Å². The molecule has 0 spiro atoms. The van der Waals surface area contributed by atoms with E-state index in [0.717, 1.165) is 24.3 Å². The minimum atomic E-state index is -0.499. The highest BCUT2D eigenvalue weighted by Crippen LogP contribution is 2.26. The third-order valence-electron chi connectivity index (χ3n) is 2.85. The maximum Gasteiger partial charge on any atom is 0.152 e. The first-order valence-electron chi connectivity index (χ1n) is 5.47. The lowest BCUT2D eigenvalue weighted by molar-refractivity contribution is 0.569. The van der Waals surface area contributed by atoms with E-state index in [1.807, 2.05) is 11.8 Å². The average Bonchev–Trinajstić information content (AvgIpc) is 2.31. The molecular weight excluding hydrogens is 228 g/mol. The molecule has 0 atom stereocenters. The van der Waals surface area contributed by atoms with Gasteiger partial charge in [0.1, 0.15) is 11.5 Å². The maximum absolute atomic E-state index is 13.7. The number of aryl methyl sites for hydroxylation is 1. The van der Waals surface area contributed by atoms with Crippen molar-refractivity contribution >= 4 is 17.4 Å². The fourth-order valence-electron chi connectivity index (χ4n) is 1.84. The van der Waals surface area contributed by atoms with Crippen molar-refractivity contribution in [2.75, 3.05) is 16.8 Å². The number of rotatable bonds is 2. The van der Waals surface area contributed by atoms with Crippen LogP contribution in [0.25, 0.3) is 0 Å². The van der Waals surface area contributed by atoms with Crippen LogP contribution in [0.4, 0.5) is 14.5 Å². The van der Waals surface area contributed by atoms with Crippen LogP contribution in [0.15, 0.2) is 12.1 Å². The summed E-state index contributed by atoms with van der Waals surface area (Å²) in [5, 5.41) is 2.99. The first-order chi connectivity index (χ1) is 7.68. The second-order valence-electron chi connectivity index (χ2n) is 4.08. The van der Waals surface area contributed by atoms with Gasteiger partial charge < -0.3 is 5.32 Å². The normalized spacial score (nSPS) is 17.4. The summed E-state index contributed by atoms with van der Waals surface area (Å²) in [6.45, 7) is 1.65. The summed E-state index contributed by atoms with van der Waals surface area (Å²) in [6.07, 6.45) is 1.94. The minimum Gasteiger partial charge on any atom is -0.377 e. The molecule has 1 aromatic carbocycles. The number of thioether (sulfide) groups is 1. The molecule has 0 aromatic heterocycles. The topological polar surface area (TPSA) is 12.0 Å². The van der Waals surface area contributed by atoms with Crippen molar-refractivity contribution in [3.63, 3.8) is 0 Å². The standard InChI is InChI=1S/C12H15F2NS/c1-8-2-3-10(13)12(11(8)14)15-9-4-6-16-7-5-9/h2-3,9,15H,4-7H2,1H3. The molecule has 4 heteroatoms. The average molecular weight is 243 g/mol. The van der Waals surface area contributed by atoms with E-state index in [2.05, 4.69) is 5.32 Å². The Labute approximate surface area is 98.6 Å². The van der Waals surface area contributed by atoms with Gasteiger partial charge in [0.05, 0.1) is 0 Å². The van der Waals surface area contributed by atoms with Crippen LogP contribution in [-0.2, 0) is 0 Å². The van der Waals surface area contributed by atoms with Crippen LogP contribution in [0, 0.1) is 18.6 Å². The molecule has 88 valence electrons. The van der Waals surface area contributed by atoms with Gasteiger partial charge in [-0.1, -0.05) is 6.07 Å². The molecule has 0 radical (unpaired) electrons. The zero-order chi connectivity index (χ0) is 11.5. The highest BCUT2D eigenvalue weighted by molar-refractivity contribution is 7.99. The van der Waals surface area contributed by atoms with Crippen LogP contribution in [0.1, 0.15) is 18.4 Å². The van der Waals surface area contributed by atoms with Crippen LogP contribution in [-0.4, -0.2) is 17.5 Å². The van der Waals surface area contributed by atoms with E-state index in [4.69, 9.17) is 0 Å². The molecule has 0 bridgehead atoms. The number of halogens is 2. The van der Waals surface area contributed by atoms with Crippen molar-refractivity contribution in [2.45, 2.75) is 25.8 Å². The Balaban J connectivity index is 2.16. The number of hydrogen-bond acceptors (Lipinski definition) is 2. The van der Waals surface area contributed by atoms with Gasteiger partial charge in [-0.2, -0.15) is 11.8 Å². The van der Waals surface area contributed by atoms with Gasteiger partial charge in [0.25, 0.3) is 0 Å². The molecule has 1 fully saturated rings. The molecule has 16 heavy (non-hydrogen) atoms. The molecule has 1 N–H and O–H groups in total. The molecule has 0 unspecified atom stereocenters. The summed E-state index contributed by atoms with van der Waals surface area (Å²) >= 11 is 1.89. The summed E-state index contributed by atoms with van der Waals surface area (Å²) in [5.74, 6) is 1.17. The largest absolute Gasteiger partial charge is 0.377 e. The van der Waals surface area contributed by atoms with E-state index in [1.165, 1.54) is 12.1 Å². The van der Waals surface area contributed by atoms with Crippen molar-refractivity contribution in [2.24, 2.45) is 0 Å². The summed E-state index contributed by atoms with van der Waals surface area (Å²) in [4.78, 5) is 0. The molecule has 1 nitrogen and oxygen atoms in total. The third kappa shape index (κ3) is 2.48. The predicted molar refractivity (Wildman–Crippen MR) is 65.1 cm³/mol. The molecule has 1 aliphatic rings. The summed E-state index contributed by atoms with van der Waals surface area (Å²) < 4.78 is 27.2. The van der Waals surface area contributed by atoms with Crippen molar-refractivity contribution in [3.8, 4) is 0 Å². The van der Waals surface area contributed by atoms with Crippen LogP contribution < -0.4 is 5.32 Å². The van der Waals surface area contributed by atoms with Crippen LogP contribution >= 0.6 is 11.8 Å². The van der Waals surface area contributed by atoms with Gasteiger partial charge in [0.15, 0.2) is 5.82 Å². The molecule has 1 saturated heterocycles. The first-order valence-corrected chi connectivity index (χ1v) is 6.63. The van der Waals surface area contributed by atoms with Gasteiger partial charge >= 0.3 is 0 Å². The second-order valence-corrected chi connectivity index (χ2v) is 5.31. The number of anilines is 1. The van der Waals surface area contributed by atoms with Crippen LogP contribution in [0.2, 0.25) is 0 Å². The third-order valence-corrected chi connectivity index (χ3v) is 3.90. The second kappa shape index (κ2) is 5.04. The van der Waals surface area contributed by atoms with E-state index in [0.29, 0.717) is 5.56 Å². The molecule has 0 amide bonds. The van der Waals surface area contributed by atoms with Gasteiger partial charge in [-0.3, -0.25) is 0 Å². The highest BCUT2D eigenvalue weighted by atomic mass is 32.2. The van der Waals surface area contributed by atoms with Gasteiger partial charge in [-0.15, -0.1) is 0 Å². The molecule has 0 saturated carbocycles. The van der Waals surface area contributed by atoms with E-state index in [-0.39, 0.29) is 11.7 Å². The van der Waals surface area contributed by atoms with Crippen molar-refractivity contribution in [1.29, 1.82) is 0 Å². The smallest absolute Gasteiger partial charge is 0.152 e. The Kier molecular flexibility index (Phi) is 3.69. The summed E-state index contributed by atoms with van der Waals surface area (Å²) in [6, 6.07) is 2.98. The SMILES string of the molecule is Cc1ccc(F)c(NC2CCSCC2)c1F. The van der Waals surface area contributed by atoms with E-state index in [1.54, 1.807) is 6.92 Å². The number of hydrogen-bond donors (Lipinski definition) is 1. The van der Waals surface area contributed by atoms with Gasteiger partial charge in [-0.05, 0) is 42.9 Å². The Morgan fingerprint density at radius 1 is 1.25 bits per heavy atom. The van der Waals surface area contributed by atoms with Crippen molar-refractivity contribution in [3.05, 3.63) is 29.3 Å². The summed E-state index contributed by atoms with van der Waals surface area (Å²) in [5.41, 5.74) is 0.519. The predicted octanol–water partition coefficient (Wildman–Crippen LogP) is 3.58. The van der Waals surface area contributed by atoms with Crippen LogP contribution in [0.3, 0.4) is 0 Å².